The molecule has 0 aromatic carbocycles. The first-order chi connectivity index (χ1) is 11.6. The lowest BCUT2D eigenvalue weighted by atomic mass is 9.93. The summed E-state index contributed by atoms with van der Waals surface area (Å²) in [7, 11) is 0. The minimum Gasteiger partial charge on any atom is -0.504 e. The Morgan fingerprint density at radius 1 is 0.958 bits per heavy atom. The maximum absolute atomic E-state index is 12.3. The van der Waals surface area contributed by atoms with Crippen molar-refractivity contribution in [2.45, 2.75) is 71.1 Å². The van der Waals surface area contributed by atoms with Crippen molar-refractivity contribution in [2.24, 2.45) is 0 Å². The third kappa shape index (κ3) is 4.44. The number of hydrogen-bond donors (Lipinski definition) is 2. The van der Waals surface area contributed by atoms with E-state index in [2.05, 4.69) is 6.92 Å². The first-order valence-corrected chi connectivity index (χ1v) is 9.58. The normalized spacial score (nSPS) is 14.4. The van der Waals surface area contributed by atoms with Crippen molar-refractivity contribution in [3.8, 4) is 0 Å². The molecular weight excluding hydrogens is 326 g/mol. The zero-order chi connectivity index (χ0) is 17.5. The monoisotopic (exact) mass is 351 g/mol. The van der Waals surface area contributed by atoms with Crippen molar-refractivity contribution >= 4 is 22.9 Å². The van der Waals surface area contributed by atoms with Crippen LogP contribution in [0.1, 0.15) is 91.4 Å². The van der Waals surface area contributed by atoms with E-state index in [0.29, 0.717) is 6.42 Å². The third-order valence-electron chi connectivity index (χ3n) is 4.31. The molecule has 1 aromatic heterocycles. The molecule has 0 fully saturated rings. The number of ketones is 2. The zero-order valence-electron chi connectivity index (χ0n) is 14.2. The first-order valence-electron chi connectivity index (χ1n) is 8.76. The van der Waals surface area contributed by atoms with Crippen LogP contribution in [0.25, 0.3) is 0 Å². The summed E-state index contributed by atoms with van der Waals surface area (Å²) in [6.45, 7) is 2.21. The quantitative estimate of drug-likeness (QED) is 0.584. The number of unbranched alkanes of at least 4 members (excludes halogenated alkanes) is 8. The van der Waals surface area contributed by atoms with E-state index in [9.17, 15) is 14.7 Å². The Hall–Kier alpha value is -1.69. The summed E-state index contributed by atoms with van der Waals surface area (Å²) in [5, 5.41) is 17.4. The average Bonchev–Trinajstić information content (AvgIpc) is 2.96. The number of fused-ring (bicyclic) bond motifs is 1. The molecule has 0 spiro atoms. The number of carbonyl (C=O) groups excluding carboxylic acids is 2. The molecule has 0 unspecified atom stereocenters. The van der Waals surface area contributed by atoms with Gasteiger partial charge in [-0.05, 0) is 12.8 Å². The number of allylic oxidation sites excluding steroid dienone is 2. The van der Waals surface area contributed by atoms with Gasteiger partial charge in [-0.1, -0.05) is 69.6 Å². The summed E-state index contributed by atoms with van der Waals surface area (Å²) in [5.74, 6) is -1.60. The molecular formula is C18H25NO4S. The number of nitrogens with one attached hydrogen (secondary N) is 1. The van der Waals surface area contributed by atoms with Crippen molar-refractivity contribution in [1.29, 1.82) is 5.41 Å². The van der Waals surface area contributed by atoms with Crippen LogP contribution >= 0.6 is 11.3 Å². The molecule has 24 heavy (non-hydrogen) atoms. The summed E-state index contributed by atoms with van der Waals surface area (Å²) in [6, 6.07) is 0. The summed E-state index contributed by atoms with van der Waals surface area (Å²) < 4.78 is 5.03. The topological polar surface area (TPSA) is 91.4 Å². The van der Waals surface area contributed by atoms with Gasteiger partial charge in [-0.2, -0.15) is 0 Å². The van der Waals surface area contributed by atoms with Gasteiger partial charge in [-0.3, -0.25) is 15.0 Å². The van der Waals surface area contributed by atoms with Crippen LogP contribution in [0.4, 0.5) is 0 Å². The Morgan fingerprint density at radius 3 is 2.17 bits per heavy atom. The molecule has 0 amide bonds. The van der Waals surface area contributed by atoms with E-state index in [1.165, 1.54) is 38.5 Å². The second kappa shape index (κ2) is 8.97. The zero-order valence-corrected chi connectivity index (χ0v) is 15.0. The SMILES string of the molecule is CCCCCCCCCCCC1=C(O)C(=O)c2sc(=N)oc2C1=O. The van der Waals surface area contributed by atoms with Crippen LogP contribution in [0, 0.1) is 5.41 Å². The summed E-state index contributed by atoms with van der Waals surface area (Å²) in [5.41, 5.74) is 0.136. The molecule has 0 bridgehead atoms. The highest BCUT2D eigenvalue weighted by molar-refractivity contribution is 7.11. The number of Topliss-reactive ketones (excluding diaryl/α,β-unsaturated/α-hetero) is 2. The second-order valence-corrected chi connectivity index (χ2v) is 7.20. The van der Waals surface area contributed by atoms with Gasteiger partial charge in [-0.15, -0.1) is 0 Å². The van der Waals surface area contributed by atoms with Crippen LogP contribution in [-0.4, -0.2) is 16.7 Å². The second-order valence-electron chi connectivity index (χ2n) is 6.21. The predicted octanol–water partition coefficient (Wildman–Crippen LogP) is 4.93. The molecule has 1 heterocycles. The van der Waals surface area contributed by atoms with Crippen LogP contribution in [0.15, 0.2) is 15.7 Å². The highest BCUT2D eigenvalue weighted by Crippen LogP contribution is 2.29. The molecule has 2 N–H and O–H groups in total. The number of aliphatic hydroxyl groups is 1. The van der Waals surface area contributed by atoms with Crippen LogP contribution in [0.3, 0.4) is 0 Å². The Labute approximate surface area is 145 Å². The Balaban J connectivity index is 1.78. The van der Waals surface area contributed by atoms with Crippen LogP contribution in [-0.2, 0) is 0 Å². The predicted molar refractivity (Wildman–Crippen MR) is 92.6 cm³/mol. The van der Waals surface area contributed by atoms with E-state index in [0.717, 1.165) is 30.6 Å². The Morgan fingerprint density at radius 2 is 1.54 bits per heavy atom. The summed E-state index contributed by atoms with van der Waals surface area (Å²) in [6.07, 6.45) is 10.8. The van der Waals surface area contributed by atoms with E-state index < -0.39 is 17.3 Å². The summed E-state index contributed by atoms with van der Waals surface area (Å²) in [4.78, 5) is 24.2. The van der Waals surface area contributed by atoms with Gasteiger partial charge in [0.25, 0.3) is 4.87 Å². The van der Waals surface area contributed by atoms with E-state index in [4.69, 9.17) is 9.83 Å². The van der Waals surface area contributed by atoms with Gasteiger partial charge in [0.05, 0.1) is 0 Å². The maximum atomic E-state index is 12.3. The minimum absolute atomic E-state index is 0.0401. The standard InChI is InChI=1S/C18H25NO4S/c1-2-3-4-5-6-7-8-9-10-11-12-13(20)15(22)17-16(14(12)21)23-18(19)24-17/h19-20H,2-11H2,1H3. The lowest BCUT2D eigenvalue weighted by Crippen LogP contribution is -2.20. The van der Waals surface area contributed by atoms with E-state index in [1.807, 2.05) is 0 Å². The molecule has 1 aliphatic rings. The van der Waals surface area contributed by atoms with E-state index >= 15 is 0 Å². The number of rotatable bonds is 10. The molecule has 0 saturated heterocycles. The Bertz CT molecular complexity index is 683. The first kappa shape index (κ1) is 18.6. The van der Waals surface area contributed by atoms with Crippen molar-refractivity contribution in [1.82, 2.24) is 0 Å². The van der Waals surface area contributed by atoms with Crippen molar-refractivity contribution in [3.05, 3.63) is 26.8 Å². The molecule has 5 nitrogen and oxygen atoms in total. The van der Waals surface area contributed by atoms with Gasteiger partial charge in [0.2, 0.25) is 11.6 Å². The fourth-order valence-electron chi connectivity index (χ4n) is 2.93. The number of aliphatic hydroxyl groups excluding tert-OH is 1. The van der Waals surface area contributed by atoms with Crippen LogP contribution < -0.4 is 4.87 Å². The Kier molecular flexibility index (Phi) is 6.97. The number of hydrogen-bond acceptors (Lipinski definition) is 6. The maximum Gasteiger partial charge on any atom is 0.272 e. The van der Waals surface area contributed by atoms with Crippen molar-refractivity contribution in [3.63, 3.8) is 0 Å². The lowest BCUT2D eigenvalue weighted by Gasteiger charge is -2.12. The van der Waals surface area contributed by atoms with Crippen LogP contribution in [0.5, 0.6) is 0 Å². The largest absolute Gasteiger partial charge is 0.504 e. The fourth-order valence-corrected chi connectivity index (χ4v) is 3.66. The molecule has 0 saturated carbocycles. The molecule has 1 aromatic rings. The smallest absolute Gasteiger partial charge is 0.272 e. The third-order valence-corrected chi connectivity index (χ3v) is 5.16. The number of carbonyl (C=O) groups is 2. The molecule has 132 valence electrons. The summed E-state index contributed by atoms with van der Waals surface area (Å²) >= 11 is 0.786. The molecule has 2 rings (SSSR count). The van der Waals surface area contributed by atoms with Gasteiger partial charge in [-0.25, -0.2) is 0 Å². The molecule has 0 radical (unpaired) electrons. The van der Waals surface area contributed by atoms with Gasteiger partial charge in [0.1, 0.15) is 4.88 Å². The van der Waals surface area contributed by atoms with Crippen LogP contribution in [0.2, 0.25) is 0 Å². The minimum atomic E-state index is -0.595. The highest BCUT2D eigenvalue weighted by atomic mass is 32.1. The molecule has 1 aliphatic carbocycles. The van der Waals surface area contributed by atoms with Crippen molar-refractivity contribution in [2.75, 3.05) is 0 Å². The fraction of sp³-hybridized carbons (Fsp3) is 0.611. The van der Waals surface area contributed by atoms with Gasteiger partial charge in [0.15, 0.2) is 11.5 Å². The van der Waals surface area contributed by atoms with E-state index in [1.54, 1.807) is 0 Å². The van der Waals surface area contributed by atoms with Crippen molar-refractivity contribution < 1.29 is 19.1 Å². The lowest BCUT2D eigenvalue weighted by molar-refractivity contribution is 0.0911. The molecule has 0 aliphatic heterocycles. The van der Waals surface area contributed by atoms with Gasteiger partial charge in [0, 0.05) is 5.57 Å². The average molecular weight is 351 g/mol. The molecule has 0 atom stereocenters. The molecule has 6 heteroatoms. The highest BCUT2D eigenvalue weighted by Gasteiger charge is 2.35. The van der Waals surface area contributed by atoms with E-state index in [-0.39, 0.29) is 21.1 Å². The van der Waals surface area contributed by atoms with Gasteiger partial charge < -0.3 is 9.52 Å². The van der Waals surface area contributed by atoms with Gasteiger partial charge >= 0.3 is 0 Å².